The maximum atomic E-state index is 13.2. The van der Waals surface area contributed by atoms with Crippen LogP contribution in [-0.2, 0) is 4.79 Å². The molecule has 0 heterocycles. The third kappa shape index (κ3) is 2.95. The summed E-state index contributed by atoms with van der Waals surface area (Å²) in [5, 5.41) is 20.1. The number of aliphatic carboxylic acids is 1. The van der Waals surface area contributed by atoms with Gasteiger partial charge in [0.15, 0.2) is 0 Å². The molecule has 1 aromatic rings. The molecule has 1 rings (SSSR count). The van der Waals surface area contributed by atoms with E-state index in [2.05, 4.69) is 5.32 Å². The molecule has 0 aliphatic heterocycles. The van der Waals surface area contributed by atoms with Crippen LogP contribution in [0.15, 0.2) is 18.2 Å². The summed E-state index contributed by atoms with van der Waals surface area (Å²) >= 11 is 0. The second kappa shape index (κ2) is 5.12. The summed E-state index contributed by atoms with van der Waals surface area (Å²) in [6.45, 7) is 1.65. The van der Waals surface area contributed by atoms with Crippen LogP contribution in [0.4, 0.5) is 10.1 Å². The zero-order valence-electron chi connectivity index (χ0n) is 8.70. The fourth-order valence-electron chi connectivity index (χ4n) is 1.34. The van der Waals surface area contributed by atoms with Gasteiger partial charge in [-0.2, -0.15) is 5.26 Å². The molecule has 0 saturated heterocycles. The number of anilines is 1. The largest absolute Gasteiger partial charge is 0.481 e. The van der Waals surface area contributed by atoms with Gasteiger partial charge < -0.3 is 10.4 Å². The van der Waals surface area contributed by atoms with E-state index in [0.717, 1.165) is 0 Å². The molecule has 5 heteroatoms. The van der Waals surface area contributed by atoms with Gasteiger partial charge in [-0.15, -0.1) is 0 Å². The minimum atomic E-state index is -0.949. The molecule has 16 heavy (non-hydrogen) atoms. The first-order valence-electron chi connectivity index (χ1n) is 4.71. The van der Waals surface area contributed by atoms with Crippen molar-refractivity contribution in [2.75, 3.05) is 5.32 Å². The summed E-state index contributed by atoms with van der Waals surface area (Å²) in [5.41, 5.74) is 0.219. The lowest BCUT2D eigenvalue weighted by atomic mass is 10.1. The van der Waals surface area contributed by atoms with Crippen molar-refractivity contribution in [1.82, 2.24) is 0 Å². The molecule has 84 valence electrons. The van der Waals surface area contributed by atoms with Crippen molar-refractivity contribution in [2.24, 2.45) is 0 Å². The maximum Gasteiger partial charge on any atom is 0.305 e. The fraction of sp³-hybridized carbons (Fsp3) is 0.273. The molecule has 1 aromatic carbocycles. The SMILES string of the molecule is CC(CC(=O)O)Nc1cccc(F)c1C#N. The molecular formula is C11H11FN2O2. The van der Waals surface area contributed by atoms with Gasteiger partial charge in [0.2, 0.25) is 0 Å². The molecule has 0 fully saturated rings. The highest BCUT2D eigenvalue weighted by atomic mass is 19.1. The Morgan fingerprint density at radius 2 is 2.38 bits per heavy atom. The molecule has 0 spiro atoms. The van der Waals surface area contributed by atoms with Crippen molar-refractivity contribution < 1.29 is 14.3 Å². The number of hydrogen-bond donors (Lipinski definition) is 2. The third-order valence-electron chi connectivity index (χ3n) is 2.01. The van der Waals surface area contributed by atoms with Crippen molar-refractivity contribution >= 4 is 11.7 Å². The van der Waals surface area contributed by atoms with E-state index in [1.54, 1.807) is 19.1 Å². The predicted octanol–water partition coefficient (Wildman–Crippen LogP) is 1.97. The maximum absolute atomic E-state index is 13.2. The van der Waals surface area contributed by atoms with E-state index in [-0.39, 0.29) is 18.0 Å². The lowest BCUT2D eigenvalue weighted by Gasteiger charge is -2.14. The van der Waals surface area contributed by atoms with Crippen LogP contribution in [0, 0.1) is 17.1 Å². The van der Waals surface area contributed by atoms with E-state index in [1.807, 2.05) is 0 Å². The van der Waals surface area contributed by atoms with Gasteiger partial charge in [0, 0.05) is 6.04 Å². The molecule has 0 aromatic heterocycles. The number of benzene rings is 1. The number of nitrogens with one attached hydrogen (secondary N) is 1. The minimum Gasteiger partial charge on any atom is -0.481 e. The Bertz CT molecular complexity index is 440. The number of hydrogen-bond acceptors (Lipinski definition) is 3. The Labute approximate surface area is 92.3 Å². The van der Waals surface area contributed by atoms with E-state index >= 15 is 0 Å². The van der Waals surface area contributed by atoms with Gasteiger partial charge in [-0.3, -0.25) is 4.79 Å². The van der Waals surface area contributed by atoms with Crippen LogP contribution in [0.3, 0.4) is 0 Å². The number of carboxylic acid groups (broad SMARTS) is 1. The Kier molecular flexibility index (Phi) is 3.84. The summed E-state index contributed by atoms with van der Waals surface area (Å²) in [6.07, 6.45) is -0.0959. The number of carboxylic acids is 1. The van der Waals surface area contributed by atoms with Crippen LogP contribution < -0.4 is 5.32 Å². The lowest BCUT2D eigenvalue weighted by molar-refractivity contribution is -0.137. The summed E-state index contributed by atoms with van der Waals surface area (Å²) in [7, 11) is 0. The molecular weight excluding hydrogens is 211 g/mol. The van der Waals surface area contributed by atoms with Crippen molar-refractivity contribution in [1.29, 1.82) is 5.26 Å². The van der Waals surface area contributed by atoms with Crippen LogP contribution in [0.5, 0.6) is 0 Å². The average molecular weight is 222 g/mol. The van der Waals surface area contributed by atoms with E-state index in [0.29, 0.717) is 5.69 Å². The van der Waals surface area contributed by atoms with Crippen LogP contribution in [0.1, 0.15) is 18.9 Å². The van der Waals surface area contributed by atoms with Crippen LogP contribution >= 0.6 is 0 Å². The Hall–Kier alpha value is -2.09. The van der Waals surface area contributed by atoms with Gasteiger partial charge in [-0.1, -0.05) is 6.07 Å². The topological polar surface area (TPSA) is 73.1 Å². The summed E-state index contributed by atoms with van der Waals surface area (Å²) < 4.78 is 13.2. The smallest absolute Gasteiger partial charge is 0.305 e. The predicted molar refractivity (Wildman–Crippen MR) is 56.5 cm³/mol. The normalized spacial score (nSPS) is 11.6. The van der Waals surface area contributed by atoms with Gasteiger partial charge in [0.25, 0.3) is 0 Å². The molecule has 0 bridgehead atoms. The molecule has 0 amide bonds. The highest BCUT2D eigenvalue weighted by Gasteiger charge is 2.12. The van der Waals surface area contributed by atoms with E-state index in [1.165, 1.54) is 12.1 Å². The van der Waals surface area contributed by atoms with Crippen LogP contribution in [-0.4, -0.2) is 17.1 Å². The Morgan fingerprint density at radius 3 is 2.94 bits per heavy atom. The monoisotopic (exact) mass is 222 g/mol. The van der Waals surface area contributed by atoms with E-state index in [4.69, 9.17) is 10.4 Å². The number of carbonyl (C=O) groups is 1. The average Bonchev–Trinajstić information content (AvgIpc) is 2.16. The lowest BCUT2D eigenvalue weighted by Crippen LogP contribution is -2.20. The number of nitrogens with zero attached hydrogens (tertiary/aromatic N) is 1. The minimum absolute atomic E-state index is 0.0959. The fourth-order valence-corrected chi connectivity index (χ4v) is 1.34. The van der Waals surface area contributed by atoms with Crippen LogP contribution in [0.2, 0.25) is 0 Å². The molecule has 4 nitrogen and oxygen atoms in total. The standard InChI is InChI=1S/C11H11FN2O2/c1-7(5-11(15)16)14-10-4-2-3-9(12)8(10)6-13/h2-4,7,14H,5H2,1H3,(H,15,16). The quantitative estimate of drug-likeness (QED) is 0.816. The second-order valence-corrected chi connectivity index (χ2v) is 3.42. The van der Waals surface area contributed by atoms with E-state index < -0.39 is 11.8 Å². The number of nitriles is 1. The van der Waals surface area contributed by atoms with Gasteiger partial charge >= 0.3 is 5.97 Å². The van der Waals surface area contributed by atoms with Crippen molar-refractivity contribution in [3.63, 3.8) is 0 Å². The summed E-state index contributed by atoms with van der Waals surface area (Å²) in [6, 6.07) is 5.56. The zero-order chi connectivity index (χ0) is 12.1. The summed E-state index contributed by atoms with van der Waals surface area (Å²) in [4.78, 5) is 10.4. The molecule has 2 N–H and O–H groups in total. The highest BCUT2D eigenvalue weighted by molar-refractivity contribution is 5.68. The van der Waals surface area contributed by atoms with Crippen LogP contribution in [0.25, 0.3) is 0 Å². The molecule has 0 aliphatic carbocycles. The highest BCUT2D eigenvalue weighted by Crippen LogP contribution is 2.19. The van der Waals surface area contributed by atoms with Gasteiger partial charge in [0.1, 0.15) is 17.4 Å². The first-order valence-corrected chi connectivity index (χ1v) is 4.71. The Morgan fingerprint density at radius 1 is 1.69 bits per heavy atom. The van der Waals surface area contributed by atoms with Gasteiger partial charge in [-0.25, -0.2) is 4.39 Å². The molecule has 0 radical (unpaired) electrons. The zero-order valence-corrected chi connectivity index (χ0v) is 8.70. The van der Waals surface area contributed by atoms with Crippen molar-refractivity contribution in [2.45, 2.75) is 19.4 Å². The van der Waals surface area contributed by atoms with Gasteiger partial charge in [-0.05, 0) is 19.1 Å². The van der Waals surface area contributed by atoms with Crippen molar-refractivity contribution in [3.05, 3.63) is 29.6 Å². The van der Waals surface area contributed by atoms with E-state index in [9.17, 15) is 9.18 Å². The number of rotatable bonds is 4. The number of halogens is 1. The molecule has 1 atom stereocenters. The third-order valence-corrected chi connectivity index (χ3v) is 2.01. The Balaban J connectivity index is 2.85. The summed E-state index contributed by atoms with van der Waals surface area (Å²) in [5.74, 6) is -1.56. The van der Waals surface area contributed by atoms with Gasteiger partial charge in [0.05, 0.1) is 12.1 Å². The molecule has 0 aliphatic rings. The second-order valence-electron chi connectivity index (χ2n) is 3.42. The van der Waals surface area contributed by atoms with Crippen molar-refractivity contribution in [3.8, 4) is 6.07 Å². The first kappa shape index (κ1) is 12.0. The molecule has 1 unspecified atom stereocenters. The molecule has 0 saturated carbocycles. The first-order chi connectivity index (χ1) is 7.54.